The van der Waals surface area contributed by atoms with Crippen LogP contribution < -0.4 is 0 Å². The maximum Gasteiger partial charge on any atom is 0.238 e. The van der Waals surface area contributed by atoms with Crippen molar-refractivity contribution in [1.82, 2.24) is 0 Å². The van der Waals surface area contributed by atoms with Gasteiger partial charge in [-0.2, -0.15) is 5.26 Å². The lowest BCUT2D eigenvalue weighted by Crippen LogP contribution is -2.05. The second kappa shape index (κ2) is 5.52. The van der Waals surface area contributed by atoms with Crippen LogP contribution in [0, 0.1) is 17.2 Å². The van der Waals surface area contributed by atoms with E-state index in [2.05, 4.69) is 0 Å². The summed E-state index contributed by atoms with van der Waals surface area (Å²) in [6, 6.07) is 1.80. The van der Waals surface area contributed by atoms with Gasteiger partial charge in [-0.05, 0) is 24.4 Å². The molecule has 0 saturated heterocycles. The quantitative estimate of drug-likeness (QED) is 0.489. The van der Waals surface area contributed by atoms with Crippen LogP contribution in [0.5, 0.6) is 0 Å². The molecule has 0 heterocycles. The number of hydrogen-bond acceptors (Lipinski definition) is 2. The number of nitriles is 1. The zero-order valence-electron chi connectivity index (χ0n) is 5.31. The fraction of sp³-hybridized carbons (Fsp3) is 0.667. The number of carbonyl (C=O) groups excluding carboxylic acids is 1. The van der Waals surface area contributed by atoms with Crippen LogP contribution in [0.1, 0.15) is 12.8 Å². The molecule has 0 aliphatic heterocycles. The van der Waals surface area contributed by atoms with Gasteiger partial charge in [0.2, 0.25) is 5.24 Å². The molecule has 0 spiro atoms. The van der Waals surface area contributed by atoms with E-state index in [-0.39, 0.29) is 0 Å². The Hall–Kier alpha value is -0.260. The van der Waals surface area contributed by atoms with Crippen molar-refractivity contribution in [1.29, 1.82) is 5.26 Å². The molecule has 0 fully saturated rings. The average Bonchev–Trinajstić information content (AvgIpc) is 1.89. The summed E-state index contributed by atoms with van der Waals surface area (Å²) >= 11 is 10.4. The number of rotatable bonds is 4. The Morgan fingerprint density at radius 3 is 2.60 bits per heavy atom. The number of halogens is 2. The highest BCUT2D eigenvalue weighted by Crippen LogP contribution is 2.09. The predicted molar refractivity (Wildman–Crippen MR) is 39.9 cm³/mol. The second-order valence-electron chi connectivity index (χ2n) is 1.82. The lowest BCUT2D eigenvalue weighted by atomic mass is 10.1. The molecule has 56 valence electrons. The summed E-state index contributed by atoms with van der Waals surface area (Å²) < 4.78 is 0. The van der Waals surface area contributed by atoms with Crippen LogP contribution in [0.4, 0.5) is 0 Å². The van der Waals surface area contributed by atoms with Crippen LogP contribution in [-0.4, -0.2) is 11.1 Å². The van der Waals surface area contributed by atoms with E-state index in [1.165, 1.54) is 0 Å². The van der Waals surface area contributed by atoms with Gasteiger partial charge in [0.15, 0.2) is 0 Å². The van der Waals surface area contributed by atoms with E-state index in [1.807, 2.05) is 0 Å². The lowest BCUT2D eigenvalue weighted by molar-refractivity contribution is -0.113. The van der Waals surface area contributed by atoms with Gasteiger partial charge in [0, 0.05) is 5.88 Å². The fourth-order valence-electron chi connectivity index (χ4n) is 0.510. The van der Waals surface area contributed by atoms with E-state index in [4.69, 9.17) is 28.5 Å². The van der Waals surface area contributed by atoms with E-state index in [0.29, 0.717) is 18.7 Å². The molecular formula is C6H7Cl2NO. The molecule has 0 aromatic heterocycles. The molecule has 0 aromatic rings. The van der Waals surface area contributed by atoms with Crippen LogP contribution in [0.3, 0.4) is 0 Å². The summed E-state index contributed by atoms with van der Waals surface area (Å²) in [5, 5.41) is 7.73. The van der Waals surface area contributed by atoms with Crippen LogP contribution >= 0.6 is 23.2 Å². The topological polar surface area (TPSA) is 40.9 Å². The van der Waals surface area contributed by atoms with Crippen LogP contribution in [0.15, 0.2) is 0 Å². The Morgan fingerprint density at radius 1 is 1.70 bits per heavy atom. The monoisotopic (exact) mass is 179 g/mol. The standard InChI is InChI=1S/C6H7Cl2NO/c7-3-1-2-5(4-9)6(8)10/h5H,1-3H2. The first kappa shape index (κ1) is 9.74. The normalized spacial score (nSPS) is 12.1. The van der Waals surface area contributed by atoms with Crippen LogP contribution in [0.25, 0.3) is 0 Å². The number of carbonyl (C=O) groups is 1. The molecule has 4 heteroatoms. The zero-order chi connectivity index (χ0) is 7.98. The van der Waals surface area contributed by atoms with Crippen molar-refractivity contribution in [2.75, 3.05) is 5.88 Å². The summed E-state index contributed by atoms with van der Waals surface area (Å²) in [5.74, 6) is -0.220. The largest absolute Gasteiger partial charge is 0.280 e. The SMILES string of the molecule is N#CC(CCCCl)C(=O)Cl. The number of alkyl halides is 1. The zero-order valence-corrected chi connectivity index (χ0v) is 6.82. The Morgan fingerprint density at radius 2 is 2.30 bits per heavy atom. The van der Waals surface area contributed by atoms with Crippen LogP contribution in [0.2, 0.25) is 0 Å². The van der Waals surface area contributed by atoms with Gasteiger partial charge in [-0.25, -0.2) is 0 Å². The molecule has 0 radical (unpaired) electrons. The third kappa shape index (κ3) is 3.71. The van der Waals surface area contributed by atoms with E-state index < -0.39 is 11.2 Å². The molecule has 1 unspecified atom stereocenters. The molecule has 0 amide bonds. The van der Waals surface area contributed by atoms with Crippen molar-refractivity contribution < 1.29 is 4.79 Å². The first-order valence-electron chi connectivity index (χ1n) is 2.87. The van der Waals surface area contributed by atoms with Gasteiger partial charge in [-0.1, -0.05) is 0 Å². The van der Waals surface area contributed by atoms with Crippen molar-refractivity contribution in [3.8, 4) is 6.07 Å². The van der Waals surface area contributed by atoms with Gasteiger partial charge >= 0.3 is 0 Å². The lowest BCUT2D eigenvalue weighted by Gasteiger charge is -1.98. The van der Waals surface area contributed by atoms with Gasteiger partial charge in [0.1, 0.15) is 5.92 Å². The number of nitrogens with zero attached hydrogens (tertiary/aromatic N) is 1. The first-order valence-corrected chi connectivity index (χ1v) is 3.78. The maximum atomic E-state index is 10.4. The summed E-state index contributed by atoms with van der Waals surface area (Å²) in [4.78, 5) is 10.4. The van der Waals surface area contributed by atoms with E-state index in [1.54, 1.807) is 6.07 Å². The summed E-state index contributed by atoms with van der Waals surface area (Å²) in [6.07, 6.45) is 1.11. The predicted octanol–water partition coefficient (Wildman–Crippen LogP) is 1.91. The van der Waals surface area contributed by atoms with Gasteiger partial charge in [0.25, 0.3) is 0 Å². The molecule has 0 aliphatic carbocycles. The molecule has 2 nitrogen and oxygen atoms in total. The fourth-order valence-corrected chi connectivity index (χ4v) is 0.822. The third-order valence-electron chi connectivity index (χ3n) is 1.06. The smallest absolute Gasteiger partial charge is 0.238 e. The highest BCUT2D eigenvalue weighted by atomic mass is 35.5. The highest BCUT2D eigenvalue weighted by Gasteiger charge is 2.13. The molecule has 0 N–H and O–H groups in total. The molecule has 1 atom stereocenters. The minimum absolute atomic E-state index is 0.461. The van der Waals surface area contributed by atoms with Crippen molar-refractivity contribution in [2.24, 2.45) is 5.92 Å². The molecule has 0 saturated carbocycles. The minimum atomic E-state index is -0.680. The van der Waals surface area contributed by atoms with E-state index in [9.17, 15) is 4.79 Å². The summed E-state index contributed by atoms with van der Waals surface area (Å²) in [5.41, 5.74) is 0. The van der Waals surface area contributed by atoms with Gasteiger partial charge in [-0.15, -0.1) is 11.6 Å². The molecule has 0 rings (SSSR count). The molecule has 0 aliphatic rings. The Labute approximate surface area is 69.7 Å². The Kier molecular flexibility index (Phi) is 5.38. The summed E-state index contributed by atoms with van der Waals surface area (Å²) in [7, 11) is 0. The van der Waals surface area contributed by atoms with Crippen molar-refractivity contribution in [3.63, 3.8) is 0 Å². The highest BCUT2D eigenvalue weighted by molar-refractivity contribution is 6.64. The van der Waals surface area contributed by atoms with E-state index in [0.717, 1.165) is 0 Å². The van der Waals surface area contributed by atoms with Gasteiger partial charge < -0.3 is 0 Å². The molecule has 0 aromatic carbocycles. The van der Waals surface area contributed by atoms with Crippen molar-refractivity contribution in [2.45, 2.75) is 12.8 Å². The Bertz CT molecular complexity index is 152. The molecule has 10 heavy (non-hydrogen) atoms. The Balaban J connectivity index is 3.64. The summed E-state index contributed by atoms with van der Waals surface area (Å²) in [6.45, 7) is 0. The minimum Gasteiger partial charge on any atom is -0.280 e. The number of hydrogen-bond donors (Lipinski definition) is 0. The maximum absolute atomic E-state index is 10.4. The average molecular weight is 180 g/mol. The molecule has 0 bridgehead atoms. The molecular weight excluding hydrogens is 173 g/mol. The third-order valence-corrected chi connectivity index (χ3v) is 1.59. The van der Waals surface area contributed by atoms with Crippen molar-refractivity contribution >= 4 is 28.4 Å². The van der Waals surface area contributed by atoms with Crippen LogP contribution in [-0.2, 0) is 4.79 Å². The van der Waals surface area contributed by atoms with Gasteiger partial charge in [-0.3, -0.25) is 4.79 Å². The van der Waals surface area contributed by atoms with E-state index >= 15 is 0 Å². The van der Waals surface area contributed by atoms with Crippen molar-refractivity contribution in [3.05, 3.63) is 0 Å². The van der Waals surface area contributed by atoms with Gasteiger partial charge in [0.05, 0.1) is 6.07 Å². The first-order chi connectivity index (χ1) is 4.72. The second-order valence-corrected chi connectivity index (χ2v) is 2.57.